The molecule has 0 unspecified atom stereocenters. The maximum absolute atomic E-state index is 12.5. The molecular weight excluding hydrogens is 398 g/mol. The number of amides is 1. The molecule has 1 aliphatic heterocycles. The molecule has 1 saturated heterocycles. The number of ether oxygens (including phenoxy) is 3. The Balaban J connectivity index is 1.38. The van der Waals surface area contributed by atoms with E-state index in [2.05, 4.69) is 10.1 Å². The van der Waals surface area contributed by atoms with Crippen LogP contribution in [0.5, 0.6) is 17.2 Å². The lowest BCUT2D eigenvalue weighted by Crippen LogP contribution is -2.47. The summed E-state index contributed by atoms with van der Waals surface area (Å²) in [5, 5.41) is 4.04. The van der Waals surface area contributed by atoms with E-state index in [0.29, 0.717) is 42.1 Å². The summed E-state index contributed by atoms with van der Waals surface area (Å²) in [7, 11) is 4.65. The molecule has 1 amide bonds. The van der Waals surface area contributed by atoms with Crippen molar-refractivity contribution >= 4 is 12.0 Å². The number of benzene rings is 2. The molecule has 2 aromatic carbocycles. The summed E-state index contributed by atoms with van der Waals surface area (Å²) < 4.78 is 21.4. The van der Waals surface area contributed by atoms with Crippen LogP contribution in [0.1, 0.15) is 17.4 Å². The standard InChI is InChI=1S/C23H23N3O5/c1-28-18-11-15(12-19(29-2)21(18)30-3)9-10-20(27)26-13-17(14-26)23-24-22(25-31-23)16-7-5-4-6-8-16/h4-12,17H,13-14H2,1-3H3/b10-9+. The van der Waals surface area contributed by atoms with Crippen molar-refractivity contribution in [3.63, 3.8) is 0 Å². The van der Waals surface area contributed by atoms with Crippen molar-refractivity contribution in [1.82, 2.24) is 15.0 Å². The number of rotatable bonds is 7. The van der Waals surface area contributed by atoms with Crippen LogP contribution in [0.2, 0.25) is 0 Å². The molecule has 8 heteroatoms. The molecular formula is C23H23N3O5. The van der Waals surface area contributed by atoms with E-state index in [1.54, 1.807) is 44.4 Å². The highest BCUT2D eigenvalue weighted by Gasteiger charge is 2.34. The Morgan fingerprint density at radius 3 is 2.35 bits per heavy atom. The monoisotopic (exact) mass is 421 g/mol. The van der Waals surface area contributed by atoms with Gasteiger partial charge in [0.15, 0.2) is 11.5 Å². The van der Waals surface area contributed by atoms with Gasteiger partial charge in [-0.05, 0) is 23.8 Å². The van der Waals surface area contributed by atoms with Gasteiger partial charge in [-0.15, -0.1) is 0 Å². The van der Waals surface area contributed by atoms with Gasteiger partial charge >= 0.3 is 0 Å². The first kappa shape index (κ1) is 20.5. The highest BCUT2D eigenvalue weighted by molar-refractivity contribution is 5.92. The minimum absolute atomic E-state index is 0.0449. The molecule has 1 aromatic heterocycles. The topological polar surface area (TPSA) is 86.9 Å². The molecule has 1 aliphatic rings. The van der Waals surface area contributed by atoms with E-state index >= 15 is 0 Å². The average molecular weight is 421 g/mol. The van der Waals surface area contributed by atoms with Gasteiger partial charge in [-0.3, -0.25) is 4.79 Å². The number of carbonyl (C=O) groups excluding carboxylic acids is 1. The van der Waals surface area contributed by atoms with Crippen LogP contribution in [-0.2, 0) is 4.79 Å². The fourth-order valence-corrected chi connectivity index (χ4v) is 3.39. The Kier molecular flexibility index (Phi) is 5.88. The molecule has 0 aliphatic carbocycles. The quantitative estimate of drug-likeness (QED) is 0.540. The van der Waals surface area contributed by atoms with Gasteiger partial charge in [0.25, 0.3) is 0 Å². The lowest BCUT2D eigenvalue weighted by Gasteiger charge is -2.36. The Bertz CT molecular complexity index is 1060. The molecule has 1 fully saturated rings. The van der Waals surface area contributed by atoms with Crippen LogP contribution in [0.4, 0.5) is 0 Å². The lowest BCUT2D eigenvalue weighted by molar-refractivity contribution is -0.130. The second-order valence-corrected chi connectivity index (χ2v) is 7.05. The number of hydrogen-bond acceptors (Lipinski definition) is 7. The molecule has 3 aromatic rings. The van der Waals surface area contributed by atoms with Crippen molar-refractivity contribution < 1.29 is 23.5 Å². The lowest BCUT2D eigenvalue weighted by atomic mass is 10.00. The SMILES string of the molecule is COc1cc(/C=C/C(=O)N2CC(c3nc(-c4ccccc4)no3)C2)cc(OC)c1OC. The molecule has 0 bridgehead atoms. The van der Waals surface area contributed by atoms with Gasteiger partial charge in [0.1, 0.15) is 0 Å². The molecule has 8 nitrogen and oxygen atoms in total. The van der Waals surface area contributed by atoms with Crippen LogP contribution in [0.3, 0.4) is 0 Å². The Hall–Kier alpha value is -3.81. The first-order chi connectivity index (χ1) is 15.1. The fourth-order valence-electron chi connectivity index (χ4n) is 3.39. The van der Waals surface area contributed by atoms with E-state index in [4.69, 9.17) is 18.7 Å². The van der Waals surface area contributed by atoms with Crippen molar-refractivity contribution in [2.45, 2.75) is 5.92 Å². The van der Waals surface area contributed by atoms with E-state index in [0.717, 1.165) is 11.1 Å². The smallest absolute Gasteiger partial charge is 0.246 e. The van der Waals surface area contributed by atoms with Gasteiger partial charge in [-0.2, -0.15) is 4.98 Å². The highest BCUT2D eigenvalue weighted by atomic mass is 16.5. The second kappa shape index (κ2) is 8.91. The zero-order valence-corrected chi connectivity index (χ0v) is 17.6. The first-order valence-corrected chi connectivity index (χ1v) is 9.79. The minimum atomic E-state index is -0.0900. The summed E-state index contributed by atoms with van der Waals surface area (Å²) in [6.07, 6.45) is 3.25. The summed E-state index contributed by atoms with van der Waals surface area (Å²) in [5.41, 5.74) is 1.67. The third-order valence-electron chi connectivity index (χ3n) is 5.12. The maximum Gasteiger partial charge on any atom is 0.246 e. The third kappa shape index (κ3) is 4.23. The molecule has 4 rings (SSSR count). The van der Waals surface area contributed by atoms with Gasteiger partial charge < -0.3 is 23.6 Å². The van der Waals surface area contributed by atoms with Crippen LogP contribution in [0.15, 0.2) is 53.1 Å². The summed E-state index contributed by atoms with van der Waals surface area (Å²) in [4.78, 5) is 18.7. The predicted molar refractivity (Wildman–Crippen MR) is 114 cm³/mol. The van der Waals surface area contributed by atoms with Crippen molar-refractivity contribution in [2.75, 3.05) is 34.4 Å². The average Bonchev–Trinajstić information content (AvgIpc) is 3.26. The van der Waals surface area contributed by atoms with Crippen molar-refractivity contribution in [1.29, 1.82) is 0 Å². The van der Waals surface area contributed by atoms with Crippen LogP contribution in [-0.4, -0.2) is 55.4 Å². The Morgan fingerprint density at radius 2 is 1.74 bits per heavy atom. The zero-order chi connectivity index (χ0) is 21.8. The van der Waals surface area contributed by atoms with Crippen LogP contribution < -0.4 is 14.2 Å². The third-order valence-corrected chi connectivity index (χ3v) is 5.12. The van der Waals surface area contributed by atoms with E-state index in [9.17, 15) is 4.79 Å². The van der Waals surface area contributed by atoms with Crippen LogP contribution in [0, 0.1) is 0 Å². The molecule has 0 spiro atoms. The number of hydrogen-bond donors (Lipinski definition) is 0. The fraction of sp³-hybridized carbons (Fsp3) is 0.261. The Morgan fingerprint density at radius 1 is 1.06 bits per heavy atom. The van der Waals surface area contributed by atoms with Crippen molar-refractivity contribution in [3.8, 4) is 28.6 Å². The second-order valence-electron chi connectivity index (χ2n) is 7.05. The number of carbonyl (C=O) groups is 1. The first-order valence-electron chi connectivity index (χ1n) is 9.79. The zero-order valence-electron chi connectivity index (χ0n) is 17.6. The molecule has 0 atom stereocenters. The molecule has 2 heterocycles. The molecule has 31 heavy (non-hydrogen) atoms. The van der Waals surface area contributed by atoms with Crippen molar-refractivity contribution in [3.05, 3.63) is 60.0 Å². The van der Waals surface area contributed by atoms with Gasteiger partial charge in [0, 0.05) is 24.7 Å². The molecule has 160 valence electrons. The number of aromatic nitrogens is 2. The Labute approximate surface area is 180 Å². The van der Waals surface area contributed by atoms with Crippen molar-refractivity contribution in [2.24, 2.45) is 0 Å². The van der Waals surface area contributed by atoms with E-state index in [1.807, 2.05) is 30.3 Å². The maximum atomic E-state index is 12.5. The number of methoxy groups -OCH3 is 3. The van der Waals surface area contributed by atoms with Crippen LogP contribution in [0.25, 0.3) is 17.5 Å². The number of nitrogens with zero attached hydrogens (tertiary/aromatic N) is 3. The summed E-state index contributed by atoms with van der Waals surface area (Å²) in [6, 6.07) is 13.2. The van der Waals surface area contributed by atoms with E-state index in [1.165, 1.54) is 6.08 Å². The largest absolute Gasteiger partial charge is 0.493 e. The number of likely N-dealkylation sites (tertiary alicyclic amines) is 1. The minimum Gasteiger partial charge on any atom is -0.493 e. The van der Waals surface area contributed by atoms with E-state index < -0.39 is 0 Å². The van der Waals surface area contributed by atoms with Gasteiger partial charge in [0.2, 0.25) is 23.4 Å². The van der Waals surface area contributed by atoms with Gasteiger partial charge in [-0.1, -0.05) is 35.5 Å². The molecule has 0 saturated carbocycles. The van der Waals surface area contributed by atoms with E-state index in [-0.39, 0.29) is 11.8 Å². The summed E-state index contributed by atoms with van der Waals surface area (Å²) in [6.45, 7) is 1.07. The summed E-state index contributed by atoms with van der Waals surface area (Å²) in [5.74, 6) is 2.64. The van der Waals surface area contributed by atoms with Gasteiger partial charge in [-0.25, -0.2) is 0 Å². The molecule has 0 N–H and O–H groups in total. The normalized spacial score (nSPS) is 13.8. The predicted octanol–water partition coefficient (Wildman–Crippen LogP) is 3.40. The summed E-state index contributed by atoms with van der Waals surface area (Å²) >= 11 is 0. The molecule has 0 radical (unpaired) electrons. The van der Waals surface area contributed by atoms with Crippen LogP contribution >= 0.6 is 0 Å². The highest BCUT2D eigenvalue weighted by Crippen LogP contribution is 2.38. The van der Waals surface area contributed by atoms with Gasteiger partial charge in [0.05, 0.1) is 27.2 Å².